The van der Waals surface area contributed by atoms with Crippen molar-refractivity contribution in [3.05, 3.63) is 40.5 Å². The fourth-order valence-electron chi connectivity index (χ4n) is 1.39. The molecule has 0 radical (unpaired) electrons. The first-order chi connectivity index (χ1) is 7.58. The summed E-state index contributed by atoms with van der Waals surface area (Å²) < 4.78 is 0. The summed E-state index contributed by atoms with van der Waals surface area (Å²) in [6.45, 7) is 0. The van der Waals surface area contributed by atoms with Crippen molar-refractivity contribution < 1.29 is 4.79 Å². The van der Waals surface area contributed by atoms with Crippen molar-refractivity contribution in [3.8, 4) is 0 Å². The zero-order chi connectivity index (χ0) is 11.7. The van der Waals surface area contributed by atoms with Crippen LogP contribution in [0.15, 0.2) is 30.0 Å². The number of benzene rings is 1. The summed E-state index contributed by atoms with van der Waals surface area (Å²) in [5, 5.41) is 3.90. The molecule has 1 fully saturated rings. The summed E-state index contributed by atoms with van der Waals surface area (Å²) >= 11 is 10.8. The zero-order valence-electron chi connectivity index (χ0n) is 8.53. The molecule has 0 aliphatic carbocycles. The van der Waals surface area contributed by atoms with E-state index in [0.717, 1.165) is 5.56 Å². The fourth-order valence-corrected chi connectivity index (χ4v) is 1.78. The van der Waals surface area contributed by atoms with Gasteiger partial charge in [-0.25, -0.2) is 0 Å². The van der Waals surface area contributed by atoms with Crippen molar-refractivity contribution in [3.63, 3.8) is 0 Å². The molecule has 82 valence electrons. The SMILES string of the molecule is CN1C(=O)/C(=C\c2cccc(Cl)c2)NC1=S. The van der Waals surface area contributed by atoms with Gasteiger partial charge in [0.05, 0.1) is 0 Å². The molecule has 0 atom stereocenters. The van der Waals surface area contributed by atoms with Crippen LogP contribution in [0.5, 0.6) is 0 Å². The summed E-state index contributed by atoms with van der Waals surface area (Å²) in [6.07, 6.45) is 1.73. The lowest BCUT2D eigenvalue weighted by molar-refractivity contribution is -0.121. The van der Waals surface area contributed by atoms with Crippen LogP contribution < -0.4 is 5.32 Å². The Hall–Kier alpha value is -1.39. The second-order valence-corrected chi connectivity index (χ2v) is 4.23. The van der Waals surface area contributed by atoms with Gasteiger partial charge in [-0.15, -0.1) is 0 Å². The fraction of sp³-hybridized carbons (Fsp3) is 0.0909. The Morgan fingerprint density at radius 3 is 2.81 bits per heavy atom. The van der Waals surface area contributed by atoms with Crippen LogP contribution in [0.2, 0.25) is 5.02 Å². The number of likely N-dealkylation sites (N-methyl/N-ethyl adjacent to an activating group) is 1. The predicted molar refractivity (Wildman–Crippen MR) is 67.9 cm³/mol. The zero-order valence-corrected chi connectivity index (χ0v) is 10.1. The minimum Gasteiger partial charge on any atom is -0.328 e. The standard InChI is InChI=1S/C11H9ClN2OS/c1-14-10(15)9(13-11(14)16)6-7-3-2-4-8(12)5-7/h2-6H,1H3,(H,13,16)/b9-6+. The number of hydrogen-bond donors (Lipinski definition) is 1. The van der Waals surface area contributed by atoms with Gasteiger partial charge in [-0.05, 0) is 36.0 Å². The highest BCUT2D eigenvalue weighted by Crippen LogP contribution is 2.16. The smallest absolute Gasteiger partial charge is 0.276 e. The third-order valence-electron chi connectivity index (χ3n) is 2.24. The molecule has 0 bridgehead atoms. The van der Waals surface area contributed by atoms with Crippen molar-refractivity contribution in [2.75, 3.05) is 7.05 Å². The van der Waals surface area contributed by atoms with E-state index in [2.05, 4.69) is 5.32 Å². The van der Waals surface area contributed by atoms with E-state index in [1.54, 1.807) is 25.3 Å². The van der Waals surface area contributed by atoms with Gasteiger partial charge < -0.3 is 5.32 Å². The molecular weight excluding hydrogens is 244 g/mol. The Morgan fingerprint density at radius 2 is 2.25 bits per heavy atom. The molecule has 1 aliphatic heterocycles. The molecule has 1 aliphatic rings. The Morgan fingerprint density at radius 1 is 1.50 bits per heavy atom. The van der Waals surface area contributed by atoms with E-state index >= 15 is 0 Å². The number of halogens is 1. The maximum absolute atomic E-state index is 11.7. The highest BCUT2D eigenvalue weighted by molar-refractivity contribution is 7.80. The molecule has 1 saturated heterocycles. The quantitative estimate of drug-likeness (QED) is 0.613. The Bertz CT molecular complexity index is 499. The number of carbonyl (C=O) groups is 1. The van der Waals surface area contributed by atoms with Crippen LogP contribution in [-0.4, -0.2) is 23.0 Å². The highest BCUT2D eigenvalue weighted by Gasteiger charge is 2.26. The Labute approximate surface area is 104 Å². The van der Waals surface area contributed by atoms with Crippen molar-refractivity contribution in [2.24, 2.45) is 0 Å². The monoisotopic (exact) mass is 252 g/mol. The topological polar surface area (TPSA) is 32.3 Å². The van der Waals surface area contributed by atoms with Gasteiger partial charge in [0.1, 0.15) is 5.70 Å². The van der Waals surface area contributed by atoms with E-state index < -0.39 is 0 Å². The number of rotatable bonds is 1. The minimum atomic E-state index is -0.134. The lowest BCUT2D eigenvalue weighted by atomic mass is 10.2. The molecule has 1 heterocycles. The summed E-state index contributed by atoms with van der Waals surface area (Å²) in [5.41, 5.74) is 1.33. The third kappa shape index (κ3) is 2.08. The molecule has 3 nitrogen and oxygen atoms in total. The number of amides is 1. The number of nitrogens with zero attached hydrogens (tertiary/aromatic N) is 1. The van der Waals surface area contributed by atoms with Gasteiger partial charge >= 0.3 is 0 Å². The number of thiocarbonyl (C=S) groups is 1. The van der Waals surface area contributed by atoms with Crippen molar-refractivity contribution in [1.29, 1.82) is 0 Å². The van der Waals surface area contributed by atoms with Crippen LogP contribution in [0, 0.1) is 0 Å². The molecule has 1 N–H and O–H groups in total. The molecule has 2 rings (SSSR count). The number of carbonyl (C=O) groups excluding carboxylic acids is 1. The summed E-state index contributed by atoms with van der Waals surface area (Å²) in [4.78, 5) is 13.1. The summed E-state index contributed by atoms with van der Waals surface area (Å²) in [5.74, 6) is -0.134. The van der Waals surface area contributed by atoms with Gasteiger partial charge in [0.25, 0.3) is 5.91 Å². The van der Waals surface area contributed by atoms with Crippen LogP contribution in [0.25, 0.3) is 6.08 Å². The average Bonchev–Trinajstić information content (AvgIpc) is 2.47. The second kappa shape index (κ2) is 4.23. The predicted octanol–water partition coefficient (Wildman–Crippen LogP) is 2.03. The average molecular weight is 253 g/mol. The number of nitrogens with one attached hydrogen (secondary N) is 1. The molecule has 5 heteroatoms. The van der Waals surface area contributed by atoms with Crippen LogP contribution in [0.3, 0.4) is 0 Å². The van der Waals surface area contributed by atoms with Crippen LogP contribution in [0.4, 0.5) is 0 Å². The molecule has 0 aromatic heterocycles. The molecular formula is C11H9ClN2OS. The van der Waals surface area contributed by atoms with Gasteiger partial charge in [0.2, 0.25) is 0 Å². The van der Waals surface area contributed by atoms with Crippen molar-refractivity contribution in [1.82, 2.24) is 10.2 Å². The van der Waals surface area contributed by atoms with Gasteiger partial charge in [-0.1, -0.05) is 23.7 Å². The lowest BCUT2D eigenvalue weighted by Gasteiger charge is -2.02. The van der Waals surface area contributed by atoms with Gasteiger partial charge in [0, 0.05) is 12.1 Å². The van der Waals surface area contributed by atoms with Crippen LogP contribution in [-0.2, 0) is 4.79 Å². The van der Waals surface area contributed by atoms with E-state index in [1.165, 1.54) is 4.90 Å². The molecule has 16 heavy (non-hydrogen) atoms. The van der Waals surface area contributed by atoms with Gasteiger partial charge in [-0.3, -0.25) is 9.69 Å². The molecule has 0 unspecified atom stereocenters. The first-order valence-electron chi connectivity index (χ1n) is 4.64. The maximum Gasteiger partial charge on any atom is 0.276 e. The minimum absolute atomic E-state index is 0.134. The molecule has 1 aromatic rings. The van der Waals surface area contributed by atoms with E-state index in [-0.39, 0.29) is 5.91 Å². The van der Waals surface area contributed by atoms with Crippen LogP contribution in [0.1, 0.15) is 5.56 Å². The molecule has 0 saturated carbocycles. The first kappa shape index (κ1) is 11.1. The highest BCUT2D eigenvalue weighted by atomic mass is 35.5. The van der Waals surface area contributed by atoms with Gasteiger partial charge in [0.15, 0.2) is 5.11 Å². The lowest BCUT2D eigenvalue weighted by Crippen LogP contribution is -2.25. The van der Waals surface area contributed by atoms with Gasteiger partial charge in [-0.2, -0.15) is 0 Å². The summed E-state index contributed by atoms with van der Waals surface area (Å²) in [6, 6.07) is 7.26. The molecule has 1 aromatic carbocycles. The van der Waals surface area contributed by atoms with E-state index in [1.807, 2.05) is 12.1 Å². The Balaban J connectivity index is 2.33. The molecule has 0 spiro atoms. The normalized spacial score (nSPS) is 18.1. The molecule has 1 amide bonds. The van der Waals surface area contributed by atoms with Crippen molar-refractivity contribution in [2.45, 2.75) is 0 Å². The van der Waals surface area contributed by atoms with Crippen molar-refractivity contribution >= 4 is 40.9 Å². The van der Waals surface area contributed by atoms with E-state index in [9.17, 15) is 4.79 Å². The third-order valence-corrected chi connectivity index (χ3v) is 2.85. The maximum atomic E-state index is 11.7. The first-order valence-corrected chi connectivity index (χ1v) is 5.43. The van der Waals surface area contributed by atoms with E-state index in [0.29, 0.717) is 15.8 Å². The number of hydrogen-bond acceptors (Lipinski definition) is 2. The Kier molecular flexibility index (Phi) is 2.94. The van der Waals surface area contributed by atoms with E-state index in [4.69, 9.17) is 23.8 Å². The largest absolute Gasteiger partial charge is 0.328 e. The van der Waals surface area contributed by atoms with Crippen LogP contribution >= 0.6 is 23.8 Å². The summed E-state index contributed by atoms with van der Waals surface area (Å²) in [7, 11) is 1.64. The second-order valence-electron chi connectivity index (χ2n) is 3.41.